The molecule has 0 amide bonds. The van der Waals surface area contributed by atoms with Crippen LogP contribution in [0.1, 0.15) is 39.5 Å². The Morgan fingerprint density at radius 3 is 1.76 bits per heavy atom. The minimum atomic E-state index is -0.886. The molecule has 0 radical (unpaired) electrons. The summed E-state index contributed by atoms with van der Waals surface area (Å²) in [5.41, 5.74) is 8.50. The summed E-state index contributed by atoms with van der Waals surface area (Å²) in [4.78, 5) is 21.8. The van der Waals surface area contributed by atoms with E-state index in [1.54, 1.807) is 0 Å². The lowest BCUT2D eigenvalue weighted by Gasteiger charge is -2.39. The van der Waals surface area contributed by atoms with Gasteiger partial charge in [-0.25, -0.2) is 0 Å². The van der Waals surface area contributed by atoms with Gasteiger partial charge in [-0.2, -0.15) is 4.57 Å². The fraction of sp³-hybridized carbons (Fsp3) is 0.0606. The molecule has 12 rings (SSSR count). The molecule has 0 N–H and O–H groups in total. The molecule has 5 aromatic rings. The summed E-state index contributed by atoms with van der Waals surface area (Å²) in [7, 11) is 0. The molecule has 41 heavy (non-hydrogen) atoms. The first-order chi connectivity index (χ1) is 20.4. The van der Waals surface area contributed by atoms with Crippen molar-refractivity contribution in [3.8, 4) is 0 Å². The van der Waals surface area contributed by atoms with Gasteiger partial charge in [-0.15, -0.1) is 13.7 Å². The van der Waals surface area contributed by atoms with Crippen molar-refractivity contribution in [2.24, 2.45) is 20.0 Å². The van der Waals surface area contributed by atoms with Crippen molar-refractivity contribution in [2.75, 3.05) is 0 Å². The van der Waals surface area contributed by atoms with Crippen LogP contribution in [0.2, 0.25) is 0 Å². The summed E-state index contributed by atoms with van der Waals surface area (Å²) < 4.78 is 9.47. The third-order valence-corrected chi connectivity index (χ3v) is 9.55. The highest BCUT2D eigenvalue weighted by Crippen LogP contribution is 2.48. The van der Waals surface area contributed by atoms with Crippen LogP contribution in [0.4, 0.5) is 0 Å². The molecule has 0 bridgehead atoms. The summed E-state index contributed by atoms with van der Waals surface area (Å²) in [6.45, 7) is 0. The molecule has 2 unspecified atom stereocenters. The van der Waals surface area contributed by atoms with Gasteiger partial charge in [0.05, 0.1) is 33.4 Å². The zero-order chi connectivity index (χ0) is 26.2. The highest BCUT2D eigenvalue weighted by atomic mass is 15.7. The number of nitrogens with zero attached hydrogens (tertiary/aromatic N) is 8. The molecule has 0 saturated carbocycles. The van der Waals surface area contributed by atoms with E-state index in [0.29, 0.717) is 0 Å². The van der Waals surface area contributed by atoms with Crippen LogP contribution in [0.3, 0.4) is 0 Å². The monoisotopic (exact) mass is 525 g/mol. The van der Waals surface area contributed by atoms with E-state index in [0.717, 1.165) is 78.7 Å². The molecule has 8 nitrogen and oxygen atoms in total. The highest BCUT2D eigenvalue weighted by Gasteiger charge is 2.75. The second-order valence-corrected chi connectivity index (χ2v) is 11.3. The SMILES string of the molecule is c1ccc2c(c1)C1=NC3=[N+]4C(N=C5c6ccccc6C6=[N+]5C45n4c(c7ccccc7c4=N6)=NC2=[N+]15)c1ccccc13. The largest absolute Gasteiger partial charge is 0.465 e. The van der Waals surface area contributed by atoms with E-state index in [1.807, 2.05) is 0 Å². The molecule has 7 aliphatic rings. The Bertz CT molecular complexity index is 2510. The summed E-state index contributed by atoms with van der Waals surface area (Å²) >= 11 is 0. The summed E-state index contributed by atoms with van der Waals surface area (Å²) in [6.07, 6.45) is -0.252. The van der Waals surface area contributed by atoms with Gasteiger partial charge in [-0.05, 0) is 42.5 Å². The van der Waals surface area contributed by atoms with Gasteiger partial charge >= 0.3 is 11.7 Å². The molecule has 1 aromatic heterocycles. The van der Waals surface area contributed by atoms with Crippen molar-refractivity contribution < 1.29 is 13.7 Å². The highest BCUT2D eigenvalue weighted by molar-refractivity contribution is 6.20. The second kappa shape index (κ2) is 5.93. The van der Waals surface area contributed by atoms with Gasteiger partial charge < -0.3 is 0 Å². The molecule has 186 valence electrons. The van der Waals surface area contributed by atoms with Crippen molar-refractivity contribution in [2.45, 2.75) is 12.1 Å². The van der Waals surface area contributed by atoms with E-state index in [2.05, 4.69) is 115 Å². The number of fused-ring (bicyclic) bond motifs is 12. The Labute approximate surface area is 231 Å². The first kappa shape index (κ1) is 19.4. The quantitative estimate of drug-likeness (QED) is 0.279. The van der Waals surface area contributed by atoms with Gasteiger partial charge in [-0.3, -0.25) is 0 Å². The van der Waals surface area contributed by atoms with Crippen LogP contribution in [-0.4, -0.2) is 47.5 Å². The van der Waals surface area contributed by atoms with Crippen molar-refractivity contribution in [1.82, 2.24) is 4.57 Å². The van der Waals surface area contributed by atoms with E-state index in [-0.39, 0.29) is 6.17 Å². The van der Waals surface area contributed by atoms with Crippen LogP contribution in [0.15, 0.2) is 117 Å². The normalized spacial score (nSPS) is 23.9. The van der Waals surface area contributed by atoms with Gasteiger partial charge in [-0.1, -0.05) is 74.6 Å². The molecular weight excluding hydrogens is 508 g/mol. The number of benzene rings is 4. The van der Waals surface area contributed by atoms with Crippen molar-refractivity contribution >= 4 is 40.0 Å². The van der Waals surface area contributed by atoms with Gasteiger partial charge in [0, 0.05) is 10.8 Å². The molecule has 0 fully saturated rings. The maximum Gasteiger partial charge on any atom is 0.465 e. The number of hydrogen-bond acceptors (Lipinski definition) is 4. The van der Waals surface area contributed by atoms with Crippen LogP contribution in [-0.2, 0) is 5.91 Å². The molecule has 0 saturated heterocycles. The Morgan fingerprint density at radius 1 is 0.537 bits per heavy atom. The average Bonchev–Trinajstić information content (AvgIpc) is 3.74. The third-order valence-electron chi connectivity index (χ3n) is 9.55. The zero-order valence-electron chi connectivity index (χ0n) is 21.4. The molecule has 0 aliphatic carbocycles. The molecule has 8 heterocycles. The standard InChI is InChI=1S/C33H17N8/c1-2-10-18-17(9-1)25-34-27-19-11-3-4-12-20(19)29-36-31-23-15-7-8-16-24(23)32-37-30-22-14-6-5-13-21(22)28-35-26(18)38(25)33(39(27)29,40(28)30)41(31)32/h1-16,25H/q+3. The first-order valence-electron chi connectivity index (χ1n) is 13.9. The van der Waals surface area contributed by atoms with E-state index in [4.69, 9.17) is 20.0 Å². The van der Waals surface area contributed by atoms with Gasteiger partial charge in [0.25, 0.3) is 29.5 Å². The molecule has 4 aromatic carbocycles. The van der Waals surface area contributed by atoms with Crippen molar-refractivity contribution in [3.63, 3.8) is 0 Å². The predicted octanol–water partition coefficient (Wildman–Crippen LogP) is 2.41. The van der Waals surface area contributed by atoms with Crippen LogP contribution < -0.4 is 11.0 Å². The number of rotatable bonds is 0. The minimum Gasteiger partial charge on any atom is -0.172 e. The maximum absolute atomic E-state index is 5.50. The minimum absolute atomic E-state index is 0.252. The summed E-state index contributed by atoms with van der Waals surface area (Å²) in [6, 6.07) is 34.2. The fourth-order valence-corrected chi connectivity index (χ4v) is 8.07. The van der Waals surface area contributed by atoms with Gasteiger partial charge in [0.2, 0.25) is 11.0 Å². The number of aliphatic imine (C=N–C) groups is 2. The molecule has 1 spiro atoms. The van der Waals surface area contributed by atoms with E-state index < -0.39 is 5.91 Å². The lowest BCUT2D eigenvalue weighted by Crippen LogP contribution is -2.74. The average molecular weight is 526 g/mol. The number of amidine groups is 5. The van der Waals surface area contributed by atoms with E-state index in [9.17, 15) is 0 Å². The third kappa shape index (κ3) is 1.78. The van der Waals surface area contributed by atoms with Crippen molar-refractivity contribution in [3.05, 3.63) is 141 Å². The zero-order valence-corrected chi connectivity index (χ0v) is 21.4. The lowest BCUT2D eigenvalue weighted by atomic mass is 10.1. The van der Waals surface area contributed by atoms with Crippen molar-refractivity contribution in [1.29, 1.82) is 0 Å². The predicted molar refractivity (Wildman–Crippen MR) is 150 cm³/mol. The summed E-state index contributed by atoms with van der Waals surface area (Å²) in [5, 5.41) is 2.19. The van der Waals surface area contributed by atoms with Crippen LogP contribution in [0.5, 0.6) is 0 Å². The Kier molecular flexibility index (Phi) is 2.81. The Morgan fingerprint density at radius 2 is 1.07 bits per heavy atom. The smallest absolute Gasteiger partial charge is 0.172 e. The summed E-state index contributed by atoms with van der Waals surface area (Å²) in [5.74, 6) is 3.72. The van der Waals surface area contributed by atoms with E-state index in [1.165, 1.54) is 5.56 Å². The van der Waals surface area contributed by atoms with E-state index >= 15 is 0 Å². The van der Waals surface area contributed by atoms with Crippen LogP contribution in [0.25, 0.3) is 10.8 Å². The molecular formula is C33H17N8+3. The first-order valence-corrected chi connectivity index (χ1v) is 13.9. The Hall–Kier alpha value is -5.63. The molecule has 2 atom stereocenters. The topological polar surface area (TPSA) is 63.4 Å². The van der Waals surface area contributed by atoms with Crippen LogP contribution in [0, 0.1) is 0 Å². The second-order valence-electron chi connectivity index (χ2n) is 11.3. The Balaban J connectivity index is 1.41. The maximum atomic E-state index is 5.50. The van der Waals surface area contributed by atoms with Gasteiger partial charge in [0.1, 0.15) is 0 Å². The van der Waals surface area contributed by atoms with Crippen LogP contribution >= 0.6 is 0 Å². The molecule has 8 heteroatoms. The fourth-order valence-electron chi connectivity index (χ4n) is 8.07. The van der Waals surface area contributed by atoms with Gasteiger partial charge in [0.15, 0.2) is 0 Å². The molecule has 7 aliphatic heterocycles. The number of hydrogen-bond donors (Lipinski definition) is 0. The number of aromatic nitrogens is 1. The lowest BCUT2D eigenvalue weighted by molar-refractivity contribution is -1.00.